The lowest BCUT2D eigenvalue weighted by Crippen LogP contribution is -2.13. The molecular formula is C28H24N2O3. The summed E-state index contributed by atoms with van der Waals surface area (Å²) < 4.78 is 11.3. The number of hydrogen-bond acceptors (Lipinski definition) is 4. The summed E-state index contributed by atoms with van der Waals surface area (Å²) in [5.74, 6) is 2.69. The first-order valence-electron chi connectivity index (χ1n) is 10.4. The van der Waals surface area contributed by atoms with Crippen LogP contribution in [0.2, 0.25) is 0 Å². The lowest BCUT2D eigenvalue weighted by Gasteiger charge is -2.06. The summed E-state index contributed by atoms with van der Waals surface area (Å²) in [5, 5.41) is 8.61. The van der Waals surface area contributed by atoms with E-state index in [1.165, 1.54) is 0 Å². The third-order valence-corrected chi connectivity index (χ3v) is 4.42. The van der Waals surface area contributed by atoms with Gasteiger partial charge in [-0.25, -0.2) is 0 Å². The minimum Gasteiger partial charge on any atom is -0.457 e. The number of carbonyl (C=O) groups excluding carboxylic acids is 1. The molecule has 0 radical (unpaired) electrons. The number of nitriles is 1. The Balaban J connectivity index is 0.000000186. The maximum atomic E-state index is 10.8. The average Bonchev–Trinajstić information content (AvgIpc) is 2.81. The number of para-hydroxylation sites is 2. The van der Waals surface area contributed by atoms with Gasteiger partial charge in [-0.15, -0.1) is 0 Å². The Morgan fingerprint density at radius 2 is 1.12 bits per heavy atom. The molecule has 0 fully saturated rings. The number of amides is 1. The maximum Gasteiger partial charge on any atom is 0.221 e. The molecule has 4 rings (SSSR count). The van der Waals surface area contributed by atoms with E-state index in [4.69, 9.17) is 20.5 Å². The molecule has 0 atom stereocenters. The molecule has 2 N–H and O–H groups in total. The van der Waals surface area contributed by atoms with Crippen molar-refractivity contribution < 1.29 is 14.3 Å². The molecule has 33 heavy (non-hydrogen) atoms. The van der Waals surface area contributed by atoms with Gasteiger partial charge in [0.2, 0.25) is 5.91 Å². The molecule has 0 aliphatic carbocycles. The SMILES string of the molecule is N#CCc1cccc(Oc2ccccc2)c1.NC(=O)Cc1cccc(Oc2ccccc2)c1. The zero-order valence-electron chi connectivity index (χ0n) is 18.1. The fourth-order valence-corrected chi connectivity index (χ4v) is 2.98. The smallest absolute Gasteiger partial charge is 0.221 e. The van der Waals surface area contributed by atoms with Crippen LogP contribution in [0.5, 0.6) is 23.0 Å². The Hall–Kier alpha value is -4.56. The molecule has 4 aromatic rings. The van der Waals surface area contributed by atoms with E-state index >= 15 is 0 Å². The lowest BCUT2D eigenvalue weighted by molar-refractivity contribution is -0.117. The molecular weight excluding hydrogens is 412 g/mol. The van der Waals surface area contributed by atoms with Crippen LogP contribution in [0.15, 0.2) is 109 Å². The van der Waals surface area contributed by atoms with Crippen molar-refractivity contribution in [2.24, 2.45) is 5.73 Å². The molecule has 0 saturated carbocycles. The molecule has 5 nitrogen and oxygen atoms in total. The predicted octanol–water partition coefficient (Wildman–Crippen LogP) is 6.05. The van der Waals surface area contributed by atoms with Crippen molar-refractivity contribution >= 4 is 5.91 Å². The van der Waals surface area contributed by atoms with Gasteiger partial charge in [-0.05, 0) is 59.7 Å². The van der Waals surface area contributed by atoms with Gasteiger partial charge in [0, 0.05) is 0 Å². The summed E-state index contributed by atoms with van der Waals surface area (Å²) in [5.41, 5.74) is 6.97. The maximum absolute atomic E-state index is 10.8. The fourth-order valence-electron chi connectivity index (χ4n) is 2.98. The highest BCUT2D eigenvalue weighted by atomic mass is 16.5. The number of primary amides is 1. The second-order valence-corrected chi connectivity index (χ2v) is 7.10. The van der Waals surface area contributed by atoms with Gasteiger partial charge in [-0.3, -0.25) is 4.79 Å². The van der Waals surface area contributed by atoms with E-state index in [0.29, 0.717) is 12.2 Å². The van der Waals surface area contributed by atoms with E-state index in [1.54, 1.807) is 0 Å². The Bertz CT molecular complexity index is 1200. The van der Waals surface area contributed by atoms with E-state index in [2.05, 4.69) is 6.07 Å². The Kier molecular flexibility index (Phi) is 8.64. The summed E-state index contributed by atoms with van der Waals surface area (Å²) >= 11 is 0. The van der Waals surface area contributed by atoms with Gasteiger partial charge in [-0.1, -0.05) is 60.7 Å². The molecule has 0 aliphatic rings. The van der Waals surface area contributed by atoms with Crippen molar-refractivity contribution in [1.29, 1.82) is 5.26 Å². The van der Waals surface area contributed by atoms with Crippen LogP contribution in [-0.2, 0) is 17.6 Å². The van der Waals surface area contributed by atoms with Crippen molar-refractivity contribution in [3.05, 3.63) is 120 Å². The van der Waals surface area contributed by atoms with Crippen LogP contribution in [0.1, 0.15) is 11.1 Å². The lowest BCUT2D eigenvalue weighted by atomic mass is 10.1. The molecule has 164 valence electrons. The van der Waals surface area contributed by atoms with Gasteiger partial charge in [0.25, 0.3) is 0 Å². The summed E-state index contributed by atoms with van der Waals surface area (Å²) in [6.45, 7) is 0. The number of nitrogens with zero attached hydrogens (tertiary/aromatic N) is 1. The van der Waals surface area contributed by atoms with Crippen LogP contribution < -0.4 is 15.2 Å². The summed E-state index contributed by atoms with van der Waals surface area (Å²) in [6, 6.07) is 36.1. The van der Waals surface area contributed by atoms with E-state index < -0.39 is 0 Å². The first kappa shape index (κ1) is 23.1. The average molecular weight is 437 g/mol. The number of carbonyl (C=O) groups is 1. The summed E-state index contributed by atoms with van der Waals surface area (Å²) in [6.07, 6.45) is 0.637. The highest BCUT2D eigenvalue weighted by Crippen LogP contribution is 2.22. The largest absolute Gasteiger partial charge is 0.457 e. The summed E-state index contributed by atoms with van der Waals surface area (Å²) in [7, 11) is 0. The summed E-state index contributed by atoms with van der Waals surface area (Å²) in [4.78, 5) is 10.8. The molecule has 0 aromatic heterocycles. The minimum absolute atomic E-state index is 0.228. The minimum atomic E-state index is -0.345. The van der Waals surface area contributed by atoms with Gasteiger partial charge in [0.1, 0.15) is 23.0 Å². The molecule has 0 unspecified atom stereocenters. The van der Waals surface area contributed by atoms with Gasteiger partial charge in [0.05, 0.1) is 18.9 Å². The van der Waals surface area contributed by atoms with Gasteiger partial charge in [0.15, 0.2) is 0 Å². The van der Waals surface area contributed by atoms with Crippen molar-refractivity contribution in [1.82, 2.24) is 0 Å². The van der Waals surface area contributed by atoms with Gasteiger partial charge >= 0.3 is 0 Å². The monoisotopic (exact) mass is 436 g/mol. The zero-order chi connectivity index (χ0) is 23.3. The highest BCUT2D eigenvalue weighted by molar-refractivity contribution is 5.76. The van der Waals surface area contributed by atoms with E-state index in [0.717, 1.165) is 28.4 Å². The third-order valence-electron chi connectivity index (χ3n) is 4.42. The molecule has 4 aromatic carbocycles. The Morgan fingerprint density at radius 1 is 0.667 bits per heavy atom. The Labute approximate surface area is 193 Å². The fraction of sp³-hybridized carbons (Fsp3) is 0.0714. The Morgan fingerprint density at radius 3 is 1.61 bits per heavy atom. The van der Waals surface area contributed by atoms with E-state index in [1.807, 2.05) is 109 Å². The van der Waals surface area contributed by atoms with E-state index in [9.17, 15) is 4.79 Å². The van der Waals surface area contributed by atoms with Crippen LogP contribution in [0.4, 0.5) is 0 Å². The molecule has 0 aliphatic heterocycles. The molecule has 0 saturated heterocycles. The highest BCUT2D eigenvalue weighted by Gasteiger charge is 2.01. The van der Waals surface area contributed by atoms with Crippen LogP contribution >= 0.6 is 0 Å². The zero-order valence-corrected chi connectivity index (χ0v) is 18.1. The number of ether oxygens (including phenoxy) is 2. The van der Waals surface area contributed by atoms with E-state index in [-0.39, 0.29) is 12.3 Å². The topological polar surface area (TPSA) is 85.3 Å². The standard InChI is InChI=1S/C14H13NO2.C14H11NO/c15-14(16)10-11-5-4-8-13(9-11)17-12-6-2-1-3-7-12;15-10-9-12-5-4-8-14(11-12)16-13-6-2-1-3-7-13/h1-9H,10H2,(H2,15,16);1-8,11H,9H2. The number of rotatable bonds is 7. The van der Waals surface area contributed by atoms with Crippen molar-refractivity contribution in [3.8, 4) is 29.1 Å². The molecule has 0 bridgehead atoms. The van der Waals surface area contributed by atoms with Crippen molar-refractivity contribution in [2.75, 3.05) is 0 Å². The van der Waals surface area contributed by atoms with Crippen LogP contribution in [0.3, 0.4) is 0 Å². The third kappa shape index (κ3) is 8.23. The van der Waals surface area contributed by atoms with Gasteiger partial charge < -0.3 is 15.2 Å². The number of nitrogens with two attached hydrogens (primary N) is 1. The number of hydrogen-bond donors (Lipinski definition) is 1. The van der Waals surface area contributed by atoms with Crippen LogP contribution in [-0.4, -0.2) is 5.91 Å². The van der Waals surface area contributed by atoms with Crippen LogP contribution in [0, 0.1) is 11.3 Å². The number of benzene rings is 4. The van der Waals surface area contributed by atoms with Gasteiger partial charge in [-0.2, -0.15) is 5.26 Å². The quantitative estimate of drug-likeness (QED) is 0.382. The van der Waals surface area contributed by atoms with Crippen molar-refractivity contribution in [3.63, 3.8) is 0 Å². The second kappa shape index (κ2) is 12.3. The molecule has 0 heterocycles. The molecule has 5 heteroatoms. The van der Waals surface area contributed by atoms with Crippen LogP contribution in [0.25, 0.3) is 0 Å². The predicted molar refractivity (Wildman–Crippen MR) is 128 cm³/mol. The normalized spacial score (nSPS) is 9.67. The molecule has 0 spiro atoms. The first-order valence-corrected chi connectivity index (χ1v) is 10.4. The second-order valence-electron chi connectivity index (χ2n) is 7.10. The van der Waals surface area contributed by atoms with Crippen molar-refractivity contribution in [2.45, 2.75) is 12.8 Å². The first-order chi connectivity index (χ1) is 16.1. The molecule has 1 amide bonds.